The Morgan fingerprint density at radius 1 is 0.935 bits per heavy atom. The Morgan fingerprint density at radius 2 is 1.52 bits per heavy atom. The van der Waals surface area contributed by atoms with E-state index < -0.39 is 0 Å². The fraction of sp³-hybridized carbons (Fsp3) is 0.346. The van der Waals surface area contributed by atoms with Crippen LogP contribution in [0.3, 0.4) is 0 Å². The van der Waals surface area contributed by atoms with Crippen molar-refractivity contribution in [3.63, 3.8) is 0 Å². The summed E-state index contributed by atoms with van der Waals surface area (Å²) in [5, 5.41) is 3.40. The van der Waals surface area contributed by atoms with Gasteiger partial charge in [-0.25, -0.2) is 0 Å². The molecule has 0 saturated heterocycles. The quantitative estimate of drug-likeness (QED) is 0.671. The van der Waals surface area contributed by atoms with Crippen molar-refractivity contribution in [1.29, 1.82) is 0 Å². The molecule has 0 fully saturated rings. The molecule has 2 aromatic carbocycles. The molecule has 1 aliphatic carbocycles. The standard InChI is InChI=1S/C26H30N2O3/c1-26(2,3)17-6-15-23-22(16-17)24(27-18-7-11-20(30-4)12-8-18)25(29)28(23)19-9-13-21(31-5)14-10-19/h7-15,17,27H,6,16H2,1-5H3/t17-/m0/s1. The number of hydrogen-bond acceptors (Lipinski definition) is 4. The first-order valence-electron chi connectivity index (χ1n) is 10.6. The van der Waals surface area contributed by atoms with Gasteiger partial charge in [-0.3, -0.25) is 9.69 Å². The lowest BCUT2D eigenvalue weighted by atomic mass is 9.72. The maximum atomic E-state index is 13.6. The van der Waals surface area contributed by atoms with E-state index in [2.05, 4.69) is 32.2 Å². The molecule has 0 spiro atoms. The average molecular weight is 419 g/mol. The van der Waals surface area contributed by atoms with Crippen molar-refractivity contribution < 1.29 is 14.3 Å². The normalized spacial score (nSPS) is 18.6. The van der Waals surface area contributed by atoms with Crippen molar-refractivity contribution in [2.24, 2.45) is 11.3 Å². The second-order valence-corrected chi connectivity index (χ2v) is 9.14. The molecule has 0 unspecified atom stereocenters. The lowest BCUT2D eigenvalue weighted by Crippen LogP contribution is -2.29. The molecule has 0 bridgehead atoms. The second-order valence-electron chi connectivity index (χ2n) is 9.14. The first kappa shape index (κ1) is 21.0. The van der Waals surface area contributed by atoms with Crippen molar-refractivity contribution in [2.75, 3.05) is 24.4 Å². The average Bonchev–Trinajstić information content (AvgIpc) is 3.04. The summed E-state index contributed by atoms with van der Waals surface area (Å²) in [5.74, 6) is 2.00. The Labute approximate surface area is 184 Å². The second kappa shape index (κ2) is 8.14. The number of allylic oxidation sites excluding steroid dienone is 2. The van der Waals surface area contributed by atoms with Gasteiger partial charge in [-0.05, 0) is 72.7 Å². The molecule has 2 aromatic rings. The predicted octanol–water partition coefficient (Wildman–Crippen LogP) is 5.76. The number of nitrogens with zero attached hydrogens (tertiary/aromatic N) is 1. The van der Waals surface area contributed by atoms with Gasteiger partial charge in [-0.2, -0.15) is 0 Å². The van der Waals surface area contributed by atoms with Crippen LogP contribution in [0, 0.1) is 11.3 Å². The van der Waals surface area contributed by atoms with Gasteiger partial charge in [-0.15, -0.1) is 0 Å². The van der Waals surface area contributed by atoms with Crippen molar-refractivity contribution in [1.82, 2.24) is 0 Å². The van der Waals surface area contributed by atoms with Gasteiger partial charge in [0.25, 0.3) is 5.91 Å². The number of amides is 1. The van der Waals surface area contributed by atoms with Gasteiger partial charge in [0.1, 0.15) is 17.2 Å². The van der Waals surface area contributed by atoms with E-state index in [1.807, 2.05) is 53.4 Å². The number of benzene rings is 2. The Bertz CT molecular complexity index is 1030. The van der Waals surface area contributed by atoms with E-state index in [1.54, 1.807) is 14.2 Å². The fourth-order valence-electron chi connectivity index (χ4n) is 4.21. The summed E-state index contributed by atoms with van der Waals surface area (Å²) in [5.41, 5.74) is 4.60. The largest absolute Gasteiger partial charge is 0.497 e. The Hall–Kier alpha value is -3.21. The molecule has 4 rings (SSSR count). The Kier molecular flexibility index (Phi) is 5.52. The molecule has 31 heavy (non-hydrogen) atoms. The highest BCUT2D eigenvalue weighted by atomic mass is 16.5. The van der Waals surface area contributed by atoms with Crippen LogP contribution in [0.4, 0.5) is 11.4 Å². The smallest absolute Gasteiger partial charge is 0.279 e. The zero-order valence-corrected chi connectivity index (χ0v) is 18.9. The summed E-state index contributed by atoms with van der Waals surface area (Å²) in [6, 6.07) is 15.3. The molecule has 5 heteroatoms. The number of rotatable bonds is 5. The number of anilines is 2. The monoisotopic (exact) mass is 418 g/mol. The minimum atomic E-state index is -0.0307. The van der Waals surface area contributed by atoms with Crippen molar-refractivity contribution in [3.05, 3.63) is 71.6 Å². The summed E-state index contributed by atoms with van der Waals surface area (Å²) in [6.07, 6.45) is 4.05. The third-order valence-electron chi connectivity index (χ3n) is 6.23. The van der Waals surface area contributed by atoms with Crippen LogP contribution >= 0.6 is 0 Å². The number of carbonyl (C=O) groups excluding carboxylic acids is 1. The highest BCUT2D eigenvalue weighted by Gasteiger charge is 2.41. The lowest BCUT2D eigenvalue weighted by molar-refractivity contribution is -0.114. The summed E-state index contributed by atoms with van der Waals surface area (Å²) in [7, 11) is 3.29. The van der Waals surface area contributed by atoms with E-state index in [-0.39, 0.29) is 11.3 Å². The first-order valence-corrected chi connectivity index (χ1v) is 10.6. The number of carbonyl (C=O) groups is 1. The molecule has 1 amide bonds. The summed E-state index contributed by atoms with van der Waals surface area (Å²) in [6.45, 7) is 6.81. The number of fused-ring (bicyclic) bond motifs is 1. The van der Waals surface area contributed by atoms with Gasteiger partial charge in [-0.1, -0.05) is 26.8 Å². The van der Waals surface area contributed by atoms with E-state index in [0.717, 1.165) is 47.0 Å². The van der Waals surface area contributed by atoms with Gasteiger partial charge >= 0.3 is 0 Å². The van der Waals surface area contributed by atoms with Crippen LogP contribution in [0.1, 0.15) is 33.6 Å². The Morgan fingerprint density at radius 3 is 2.06 bits per heavy atom. The number of hydrogen-bond donors (Lipinski definition) is 1. The topological polar surface area (TPSA) is 50.8 Å². The highest BCUT2D eigenvalue weighted by Crippen LogP contribution is 2.46. The van der Waals surface area contributed by atoms with Crippen LogP contribution in [0.15, 0.2) is 71.6 Å². The molecule has 162 valence electrons. The van der Waals surface area contributed by atoms with Gasteiger partial charge in [0.2, 0.25) is 0 Å². The van der Waals surface area contributed by atoms with Crippen molar-refractivity contribution in [3.8, 4) is 11.5 Å². The van der Waals surface area contributed by atoms with E-state index in [9.17, 15) is 4.79 Å². The van der Waals surface area contributed by atoms with E-state index in [4.69, 9.17) is 9.47 Å². The molecule has 0 aromatic heterocycles. The SMILES string of the molecule is COc1ccc(NC2=C3C[C@@H](C(C)(C)C)CC=C3N(c3ccc(OC)cc3)C2=O)cc1. The number of ether oxygens (including phenoxy) is 2. The minimum absolute atomic E-state index is 0.0307. The molecule has 1 heterocycles. The maximum absolute atomic E-state index is 13.6. The third kappa shape index (κ3) is 4.05. The van der Waals surface area contributed by atoms with Crippen LogP contribution in [0.5, 0.6) is 11.5 Å². The lowest BCUT2D eigenvalue weighted by Gasteiger charge is -2.34. The molecule has 5 nitrogen and oxygen atoms in total. The van der Waals surface area contributed by atoms with Gasteiger partial charge in [0.05, 0.1) is 19.9 Å². The van der Waals surface area contributed by atoms with Crippen molar-refractivity contribution >= 4 is 17.3 Å². The van der Waals surface area contributed by atoms with Crippen LogP contribution in [0.25, 0.3) is 0 Å². The molecule has 1 atom stereocenters. The molecule has 0 saturated carbocycles. The predicted molar refractivity (Wildman–Crippen MR) is 124 cm³/mol. The zero-order chi connectivity index (χ0) is 22.2. The zero-order valence-electron chi connectivity index (χ0n) is 18.9. The third-order valence-corrected chi connectivity index (χ3v) is 6.23. The number of methoxy groups -OCH3 is 2. The minimum Gasteiger partial charge on any atom is -0.497 e. The van der Waals surface area contributed by atoms with Gasteiger partial charge < -0.3 is 14.8 Å². The van der Waals surface area contributed by atoms with E-state index in [1.165, 1.54) is 0 Å². The summed E-state index contributed by atoms with van der Waals surface area (Å²) >= 11 is 0. The molecular formula is C26H30N2O3. The maximum Gasteiger partial charge on any atom is 0.279 e. The summed E-state index contributed by atoms with van der Waals surface area (Å²) in [4.78, 5) is 15.4. The van der Waals surface area contributed by atoms with Gasteiger partial charge in [0.15, 0.2) is 0 Å². The van der Waals surface area contributed by atoms with Gasteiger partial charge in [0, 0.05) is 16.9 Å². The van der Waals surface area contributed by atoms with Crippen LogP contribution in [-0.4, -0.2) is 20.1 Å². The molecule has 2 aliphatic rings. The summed E-state index contributed by atoms with van der Waals surface area (Å²) < 4.78 is 10.5. The van der Waals surface area contributed by atoms with Crippen LogP contribution in [0.2, 0.25) is 0 Å². The highest BCUT2D eigenvalue weighted by molar-refractivity contribution is 6.15. The molecular weight excluding hydrogens is 388 g/mol. The van der Waals surface area contributed by atoms with Crippen LogP contribution in [-0.2, 0) is 4.79 Å². The van der Waals surface area contributed by atoms with Crippen molar-refractivity contribution in [2.45, 2.75) is 33.6 Å². The molecule has 1 aliphatic heterocycles. The first-order chi connectivity index (χ1) is 14.8. The number of nitrogens with one attached hydrogen (secondary N) is 1. The molecule has 0 radical (unpaired) electrons. The fourth-order valence-corrected chi connectivity index (χ4v) is 4.21. The molecule has 1 N–H and O–H groups in total. The van der Waals surface area contributed by atoms with Crippen LogP contribution < -0.4 is 19.7 Å². The van der Waals surface area contributed by atoms with E-state index >= 15 is 0 Å². The Balaban J connectivity index is 1.73. The van der Waals surface area contributed by atoms with E-state index in [0.29, 0.717) is 11.6 Å².